The number of esters is 2. The molecular formula is C18H32O4. The molecule has 0 amide bonds. The molecule has 4 nitrogen and oxygen atoms in total. The van der Waals surface area contributed by atoms with Crippen LogP contribution in [-0.4, -0.2) is 25.2 Å². The van der Waals surface area contributed by atoms with E-state index < -0.39 is 5.97 Å². The van der Waals surface area contributed by atoms with Crippen LogP contribution in [0.15, 0.2) is 12.2 Å². The van der Waals surface area contributed by atoms with Gasteiger partial charge in [0.1, 0.15) is 0 Å². The first-order valence-corrected chi connectivity index (χ1v) is 8.62. The summed E-state index contributed by atoms with van der Waals surface area (Å²) in [4.78, 5) is 23.2. The molecule has 0 bridgehead atoms. The molecule has 0 aromatic rings. The first-order valence-electron chi connectivity index (χ1n) is 8.62. The van der Waals surface area contributed by atoms with E-state index in [1.54, 1.807) is 0 Å². The molecule has 0 spiro atoms. The third kappa shape index (κ3) is 12.4. The number of ether oxygens (including phenoxy) is 2. The van der Waals surface area contributed by atoms with E-state index in [-0.39, 0.29) is 12.4 Å². The van der Waals surface area contributed by atoms with Gasteiger partial charge in [-0.2, -0.15) is 0 Å². The van der Waals surface area contributed by atoms with Crippen LogP contribution in [0.3, 0.4) is 0 Å². The minimum atomic E-state index is -0.396. The minimum absolute atomic E-state index is 0.192. The van der Waals surface area contributed by atoms with E-state index in [0.717, 1.165) is 44.9 Å². The van der Waals surface area contributed by atoms with Gasteiger partial charge in [0.15, 0.2) is 0 Å². The van der Waals surface area contributed by atoms with E-state index >= 15 is 0 Å². The number of hydrogen-bond donors (Lipinski definition) is 0. The van der Waals surface area contributed by atoms with Crippen molar-refractivity contribution in [2.45, 2.75) is 78.1 Å². The summed E-state index contributed by atoms with van der Waals surface area (Å²) in [6.45, 7) is 8.85. The Morgan fingerprint density at radius 1 is 0.773 bits per heavy atom. The molecule has 0 aromatic carbocycles. The molecule has 0 aliphatic heterocycles. The highest BCUT2D eigenvalue weighted by molar-refractivity contribution is 5.88. The maximum atomic E-state index is 11.6. The van der Waals surface area contributed by atoms with Crippen LogP contribution in [0, 0.1) is 0 Å². The highest BCUT2D eigenvalue weighted by Crippen LogP contribution is 2.08. The smallest absolute Gasteiger partial charge is 0.333 e. The second-order valence-corrected chi connectivity index (χ2v) is 5.58. The molecule has 0 radical (unpaired) electrons. The largest absolute Gasteiger partial charge is 0.466 e. The zero-order chi connectivity index (χ0) is 16.6. The molecule has 0 N–H and O–H groups in total. The van der Waals surface area contributed by atoms with E-state index in [0.29, 0.717) is 25.2 Å². The fourth-order valence-electron chi connectivity index (χ4n) is 1.94. The lowest BCUT2D eigenvalue weighted by Gasteiger charge is -2.07. The highest BCUT2D eigenvalue weighted by Gasteiger charge is 2.11. The molecule has 22 heavy (non-hydrogen) atoms. The van der Waals surface area contributed by atoms with Crippen LogP contribution in [0.4, 0.5) is 0 Å². The summed E-state index contributed by atoms with van der Waals surface area (Å²) in [5.74, 6) is -0.666. The van der Waals surface area contributed by atoms with Gasteiger partial charge in [-0.05, 0) is 19.3 Å². The average molecular weight is 312 g/mol. The van der Waals surface area contributed by atoms with Crippen molar-refractivity contribution in [3.05, 3.63) is 12.2 Å². The summed E-state index contributed by atoms with van der Waals surface area (Å²) in [6.07, 6.45) is 9.07. The zero-order valence-electron chi connectivity index (χ0n) is 14.3. The van der Waals surface area contributed by atoms with E-state index in [4.69, 9.17) is 9.47 Å². The van der Waals surface area contributed by atoms with Gasteiger partial charge in [-0.15, -0.1) is 0 Å². The summed E-state index contributed by atoms with van der Waals surface area (Å²) in [7, 11) is 0. The van der Waals surface area contributed by atoms with Crippen molar-refractivity contribution in [2.75, 3.05) is 13.2 Å². The fraction of sp³-hybridized carbons (Fsp3) is 0.778. The maximum absolute atomic E-state index is 11.6. The second-order valence-electron chi connectivity index (χ2n) is 5.58. The van der Waals surface area contributed by atoms with Crippen LogP contribution in [0.2, 0.25) is 0 Å². The van der Waals surface area contributed by atoms with Gasteiger partial charge in [0.05, 0.1) is 13.2 Å². The van der Waals surface area contributed by atoms with Gasteiger partial charge in [-0.3, -0.25) is 4.79 Å². The van der Waals surface area contributed by atoms with Crippen LogP contribution >= 0.6 is 0 Å². The Hall–Kier alpha value is -1.32. The topological polar surface area (TPSA) is 52.6 Å². The van der Waals surface area contributed by atoms with Crippen molar-refractivity contribution in [3.63, 3.8) is 0 Å². The van der Waals surface area contributed by atoms with Crippen LogP contribution in [0.5, 0.6) is 0 Å². The molecular weight excluding hydrogens is 280 g/mol. The predicted molar refractivity (Wildman–Crippen MR) is 88.6 cm³/mol. The Kier molecular flexibility index (Phi) is 13.7. The predicted octanol–water partition coefficient (Wildman–Crippen LogP) is 4.57. The zero-order valence-corrected chi connectivity index (χ0v) is 14.3. The third-order valence-corrected chi connectivity index (χ3v) is 3.41. The van der Waals surface area contributed by atoms with E-state index in [1.165, 1.54) is 6.42 Å². The Morgan fingerprint density at radius 3 is 1.86 bits per heavy atom. The quantitative estimate of drug-likeness (QED) is 0.268. The lowest BCUT2D eigenvalue weighted by Crippen LogP contribution is -2.11. The number of carbonyl (C=O) groups excluding carboxylic acids is 2. The number of unbranched alkanes of at least 4 members (excludes halogenated alkanes) is 6. The summed E-state index contributed by atoms with van der Waals surface area (Å²) < 4.78 is 10.2. The number of rotatable bonds is 14. The molecule has 0 atom stereocenters. The summed E-state index contributed by atoms with van der Waals surface area (Å²) in [5.41, 5.74) is 0.346. The molecule has 0 aliphatic carbocycles. The van der Waals surface area contributed by atoms with E-state index in [2.05, 4.69) is 20.4 Å². The van der Waals surface area contributed by atoms with Crippen LogP contribution in [0.1, 0.15) is 78.1 Å². The number of carbonyl (C=O) groups is 2. The molecule has 128 valence electrons. The minimum Gasteiger partial charge on any atom is -0.466 e. The van der Waals surface area contributed by atoms with E-state index in [1.807, 2.05) is 0 Å². The molecule has 0 heterocycles. The lowest BCUT2D eigenvalue weighted by molar-refractivity contribution is -0.143. The maximum Gasteiger partial charge on any atom is 0.333 e. The molecule has 0 aromatic heterocycles. The van der Waals surface area contributed by atoms with Crippen LogP contribution in [0.25, 0.3) is 0 Å². The van der Waals surface area contributed by atoms with Gasteiger partial charge in [0, 0.05) is 12.0 Å². The van der Waals surface area contributed by atoms with Crippen LogP contribution in [-0.2, 0) is 19.1 Å². The van der Waals surface area contributed by atoms with Gasteiger partial charge < -0.3 is 9.47 Å². The van der Waals surface area contributed by atoms with Gasteiger partial charge in [0.2, 0.25) is 0 Å². The first-order chi connectivity index (χ1) is 10.6. The summed E-state index contributed by atoms with van der Waals surface area (Å²) >= 11 is 0. The fourth-order valence-corrected chi connectivity index (χ4v) is 1.94. The number of hydrogen-bond acceptors (Lipinski definition) is 4. The van der Waals surface area contributed by atoms with Crippen LogP contribution < -0.4 is 0 Å². The molecule has 0 unspecified atom stereocenters. The molecule has 0 aliphatic rings. The second kappa shape index (κ2) is 14.6. The Bertz CT molecular complexity index is 323. The standard InChI is InChI=1S/C18H32O4/c1-4-6-8-10-14-21-17(19)13-12-16(3)18(20)22-15-11-9-7-5-2/h3-15H2,1-2H3. The Balaban J connectivity index is 3.60. The van der Waals surface area contributed by atoms with Crippen molar-refractivity contribution < 1.29 is 19.1 Å². The molecule has 0 saturated carbocycles. The Morgan fingerprint density at radius 2 is 1.32 bits per heavy atom. The van der Waals surface area contributed by atoms with Gasteiger partial charge >= 0.3 is 11.9 Å². The molecule has 0 rings (SSSR count). The van der Waals surface area contributed by atoms with Crippen molar-refractivity contribution >= 4 is 11.9 Å². The molecule has 0 saturated heterocycles. The highest BCUT2D eigenvalue weighted by atomic mass is 16.5. The molecule has 0 fully saturated rings. The van der Waals surface area contributed by atoms with Crippen molar-refractivity contribution in [1.82, 2.24) is 0 Å². The SMILES string of the molecule is C=C(CCC(=O)OCCCCCC)C(=O)OCCCCCC. The summed E-state index contributed by atoms with van der Waals surface area (Å²) in [5, 5.41) is 0. The summed E-state index contributed by atoms with van der Waals surface area (Å²) in [6, 6.07) is 0. The monoisotopic (exact) mass is 312 g/mol. The average Bonchev–Trinajstić information content (AvgIpc) is 2.52. The first kappa shape index (κ1) is 20.7. The van der Waals surface area contributed by atoms with Crippen molar-refractivity contribution in [3.8, 4) is 0 Å². The molecule has 4 heteroatoms. The Labute approximate surface area is 135 Å². The van der Waals surface area contributed by atoms with Gasteiger partial charge in [0.25, 0.3) is 0 Å². The van der Waals surface area contributed by atoms with E-state index in [9.17, 15) is 9.59 Å². The van der Waals surface area contributed by atoms with Crippen molar-refractivity contribution in [2.24, 2.45) is 0 Å². The normalized spacial score (nSPS) is 10.3. The van der Waals surface area contributed by atoms with Gasteiger partial charge in [-0.1, -0.05) is 59.0 Å². The van der Waals surface area contributed by atoms with Crippen molar-refractivity contribution in [1.29, 1.82) is 0 Å². The third-order valence-electron chi connectivity index (χ3n) is 3.41. The lowest BCUT2D eigenvalue weighted by atomic mass is 10.1. The van der Waals surface area contributed by atoms with Gasteiger partial charge in [-0.25, -0.2) is 4.79 Å².